The molecule has 2 aromatic carbocycles. The third kappa shape index (κ3) is 3.90. The predicted molar refractivity (Wildman–Crippen MR) is 118 cm³/mol. The maximum Gasteiger partial charge on any atom is 0.263 e. The Kier molecular flexibility index (Phi) is 5.37. The molecule has 0 saturated carbocycles. The van der Waals surface area contributed by atoms with Crippen LogP contribution in [0.5, 0.6) is 11.5 Å². The minimum absolute atomic E-state index is 0.203. The number of rotatable bonds is 5. The molecule has 4 rings (SSSR count). The van der Waals surface area contributed by atoms with Crippen LogP contribution in [0, 0.1) is 0 Å². The number of benzene rings is 2. The lowest BCUT2D eigenvalue weighted by Gasteiger charge is -2.09. The van der Waals surface area contributed by atoms with Crippen LogP contribution in [-0.2, 0) is 4.79 Å². The normalized spacial score (nSPS) is 14.9. The lowest BCUT2D eigenvalue weighted by molar-refractivity contribution is -0.115. The molecule has 1 aliphatic rings. The number of thioether (sulfide) groups is 1. The van der Waals surface area contributed by atoms with E-state index < -0.39 is 0 Å². The molecular formula is C21H17N3O3S2. The summed E-state index contributed by atoms with van der Waals surface area (Å²) in [6.07, 6.45) is 3.70. The summed E-state index contributed by atoms with van der Waals surface area (Å²) in [5.74, 6) is 1.03. The number of ether oxygens (including phenoxy) is 2. The number of nitrogens with one attached hydrogen (secondary N) is 1. The van der Waals surface area contributed by atoms with E-state index in [4.69, 9.17) is 26.8 Å². The molecule has 0 aliphatic carbocycles. The molecule has 1 N–H and O–H groups in total. The number of aromatic nitrogens is 2. The van der Waals surface area contributed by atoms with Crippen molar-refractivity contribution >= 4 is 40.3 Å². The van der Waals surface area contributed by atoms with Crippen molar-refractivity contribution in [3.63, 3.8) is 0 Å². The first-order valence-electron chi connectivity index (χ1n) is 8.71. The second kappa shape index (κ2) is 8.10. The van der Waals surface area contributed by atoms with Gasteiger partial charge in [0.25, 0.3) is 5.91 Å². The molecule has 0 spiro atoms. The maximum atomic E-state index is 12.1. The third-order valence-electron chi connectivity index (χ3n) is 4.35. The number of methoxy groups -OCH3 is 2. The molecule has 1 aliphatic heterocycles. The average molecular weight is 424 g/mol. The molecule has 3 aromatic rings. The molecule has 29 heavy (non-hydrogen) atoms. The summed E-state index contributed by atoms with van der Waals surface area (Å²) < 4.78 is 13.0. The van der Waals surface area contributed by atoms with E-state index in [9.17, 15) is 4.79 Å². The van der Waals surface area contributed by atoms with Crippen molar-refractivity contribution in [1.82, 2.24) is 15.1 Å². The van der Waals surface area contributed by atoms with Crippen molar-refractivity contribution in [3.05, 3.63) is 65.2 Å². The van der Waals surface area contributed by atoms with Crippen LogP contribution in [0.2, 0.25) is 0 Å². The minimum Gasteiger partial charge on any atom is -0.493 e. The largest absolute Gasteiger partial charge is 0.493 e. The van der Waals surface area contributed by atoms with Gasteiger partial charge < -0.3 is 14.8 Å². The minimum atomic E-state index is -0.203. The zero-order chi connectivity index (χ0) is 20.4. The van der Waals surface area contributed by atoms with Gasteiger partial charge in [0.15, 0.2) is 11.5 Å². The third-order valence-corrected chi connectivity index (χ3v) is 5.51. The second-order valence-electron chi connectivity index (χ2n) is 6.14. The highest BCUT2D eigenvalue weighted by atomic mass is 32.2. The number of hydrogen-bond donors (Lipinski definition) is 1. The van der Waals surface area contributed by atoms with Gasteiger partial charge in [0, 0.05) is 17.3 Å². The molecule has 0 bridgehead atoms. The maximum absolute atomic E-state index is 12.1. The Hall–Kier alpha value is -3.10. The summed E-state index contributed by atoms with van der Waals surface area (Å²) in [5.41, 5.74) is 3.27. The number of nitrogens with zero attached hydrogens (tertiary/aromatic N) is 2. The van der Waals surface area contributed by atoms with E-state index in [1.165, 1.54) is 11.8 Å². The first-order valence-corrected chi connectivity index (χ1v) is 9.94. The van der Waals surface area contributed by atoms with E-state index in [0.29, 0.717) is 26.4 Å². The van der Waals surface area contributed by atoms with Crippen molar-refractivity contribution in [1.29, 1.82) is 0 Å². The SMILES string of the molecule is COc1ccc(-c2nn(-c3ccccc3)cc2C=C2SC(=S)NC2=O)cc1OC. The second-order valence-corrected chi connectivity index (χ2v) is 7.85. The van der Waals surface area contributed by atoms with Gasteiger partial charge in [0.05, 0.1) is 24.8 Å². The fourth-order valence-electron chi connectivity index (χ4n) is 2.98. The molecule has 1 saturated heterocycles. The molecule has 0 radical (unpaired) electrons. The highest BCUT2D eigenvalue weighted by molar-refractivity contribution is 8.26. The van der Waals surface area contributed by atoms with E-state index in [1.807, 2.05) is 54.7 Å². The molecule has 2 heterocycles. The lowest BCUT2D eigenvalue weighted by atomic mass is 10.1. The molecule has 6 nitrogen and oxygen atoms in total. The molecule has 1 aromatic heterocycles. The van der Waals surface area contributed by atoms with Gasteiger partial charge in [-0.15, -0.1) is 0 Å². The van der Waals surface area contributed by atoms with Gasteiger partial charge in [0.1, 0.15) is 10.0 Å². The summed E-state index contributed by atoms with van der Waals surface area (Å²) in [6.45, 7) is 0. The Morgan fingerprint density at radius 3 is 2.52 bits per heavy atom. The Morgan fingerprint density at radius 1 is 1.10 bits per heavy atom. The molecular weight excluding hydrogens is 406 g/mol. The van der Waals surface area contributed by atoms with E-state index in [1.54, 1.807) is 25.0 Å². The van der Waals surface area contributed by atoms with Crippen molar-refractivity contribution in [3.8, 4) is 28.4 Å². The number of thiocarbonyl (C=S) groups is 1. The van der Waals surface area contributed by atoms with Crippen molar-refractivity contribution in [2.24, 2.45) is 0 Å². The van der Waals surface area contributed by atoms with Gasteiger partial charge in [-0.3, -0.25) is 4.79 Å². The summed E-state index contributed by atoms with van der Waals surface area (Å²) in [4.78, 5) is 12.7. The Labute approximate surface area is 177 Å². The van der Waals surface area contributed by atoms with Crippen LogP contribution >= 0.6 is 24.0 Å². The summed E-state index contributed by atoms with van der Waals surface area (Å²) in [5, 5.41) is 7.41. The van der Waals surface area contributed by atoms with Crippen LogP contribution in [0.3, 0.4) is 0 Å². The molecule has 1 fully saturated rings. The van der Waals surface area contributed by atoms with Crippen LogP contribution in [0.4, 0.5) is 0 Å². The fourth-order valence-corrected chi connectivity index (χ4v) is 4.01. The highest BCUT2D eigenvalue weighted by Crippen LogP contribution is 2.35. The lowest BCUT2D eigenvalue weighted by Crippen LogP contribution is -2.17. The number of carbonyl (C=O) groups excluding carboxylic acids is 1. The summed E-state index contributed by atoms with van der Waals surface area (Å²) >= 11 is 6.34. The van der Waals surface area contributed by atoms with Gasteiger partial charge in [-0.2, -0.15) is 5.10 Å². The zero-order valence-electron chi connectivity index (χ0n) is 15.7. The number of hydrogen-bond acceptors (Lipinski definition) is 6. The average Bonchev–Trinajstić information content (AvgIpc) is 3.31. The van der Waals surface area contributed by atoms with Gasteiger partial charge in [-0.1, -0.05) is 42.2 Å². The topological polar surface area (TPSA) is 65.4 Å². The van der Waals surface area contributed by atoms with Crippen LogP contribution in [0.1, 0.15) is 5.56 Å². The quantitative estimate of drug-likeness (QED) is 0.493. The summed E-state index contributed by atoms with van der Waals surface area (Å²) in [7, 11) is 3.18. The van der Waals surface area contributed by atoms with Gasteiger partial charge in [-0.25, -0.2) is 4.68 Å². The number of para-hydroxylation sites is 1. The van der Waals surface area contributed by atoms with E-state index >= 15 is 0 Å². The standard InChI is InChI=1S/C21H17N3O3S2/c1-26-16-9-8-13(10-17(16)27-2)19-14(11-18-20(25)22-21(28)29-18)12-24(23-19)15-6-4-3-5-7-15/h3-12H,1-2H3,(H,22,25,28). The molecule has 146 valence electrons. The molecule has 1 amide bonds. The van der Waals surface area contributed by atoms with Crippen LogP contribution in [-0.4, -0.2) is 34.2 Å². The van der Waals surface area contributed by atoms with Gasteiger partial charge in [-0.05, 0) is 36.4 Å². The fraction of sp³-hybridized carbons (Fsp3) is 0.0952. The smallest absolute Gasteiger partial charge is 0.263 e. The van der Waals surface area contributed by atoms with Crippen LogP contribution < -0.4 is 14.8 Å². The van der Waals surface area contributed by atoms with Crippen molar-refractivity contribution in [2.45, 2.75) is 0 Å². The summed E-state index contributed by atoms with van der Waals surface area (Å²) in [6, 6.07) is 15.4. The monoisotopic (exact) mass is 423 g/mol. The molecule has 8 heteroatoms. The number of carbonyl (C=O) groups is 1. The Balaban J connectivity index is 1.86. The van der Waals surface area contributed by atoms with Crippen LogP contribution in [0.15, 0.2) is 59.6 Å². The van der Waals surface area contributed by atoms with Gasteiger partial charge in [0.2, 0.25) is 0 Å². The first-order chi connectivity index (χ1) is 14.1. The van der Waals surface area contributed by atoms with Gasteiger partial charge >= 0.3 is 0 Å². The number of amides is 1. The Bertz CT molecular complexity index is 1120. The van der Waals surface area contributed by atoms with Crippen molar-refractivity contribution < 1.29 is 14.3 Å². The highest BCUT2D eigenvalue weighted by Gasteiger charge is 2.23. The molecule has 0 atom stereocenters. The van der Waals surface area contributed by atoms with E-state index in [-0.39, 0.29) is 5.91 Å². The Morgan fingerprint density at radius 2 is 1.86 bits per heavy atom. The van der Waals surface area contributed by atoms with Crippen molar-refractivity contribution in [2.75, 3.05) is 14.2 Å². The molecule has 0 unspecified atom stereocenters. The van der Waals surface area contributed by atoms with E-state index in [2.05, 4.69) is 5.32 Å². The predicted octanol–water partition coefficient (Wildman–Crippen LogP) is 4.05. The van der Waals surface area contributed by atoms with E-state index in [0.717, 1.165) is 16.8 Å². The van der Waals surface area contributed by atoms with Crippen LogP contribution in [0.25, 0.3) is 23.0 Å². The zero-order valence-corrected chi connectivity index (χ0v) is 17.3. The first kappa shape index (κ1) is 19.2.